The number of primary amides is 1. The predicted octanol–water partition coefficient (Wildman–Crippen LogP) is 1.42. The SMILES string of the molecule is CCOCCCNC(=O)c1ccccc1SCC(N)=O. The van der Waals surface area contributed by atoms with Crippen LogP contribution < -0.4 is 11.1 Å². The highest BCUT2D eigenvalue weighted by molar-refractivity contribution is 8.00. The Morgan fingerprint density at radius 2 is 2.10 bits per heavy atom. The van der Waals surface area contributed by atoms with Gasteiger partial charge in [-0.15, -0.1) is 11.8 Å². The molecule has 3 N–H and O–H groups in total. The van der Waals surface area contributed by atoms with E-state index < -0.39 is 5.91 Å². The highest BCUT2D eigenvalue weighted by Crippen LogP contribution is 2.22. The molecule has 0 saturated carbocycles. The van der Waals surface area contributed by atoms with E-state index in [1.54, 1.807) is 12.1 Å². The Balaban J connectivity index is 2.51. The van der Waals surface area contributed by atoms with Gasteiger partial charge in [-0.3, -0.25) is 9.59 Å². The molecule has 0 spiro atoms. The first kappa shape index (κ1) is 16.5. The fourth-order valence-electron chi connectivity index (χ4n) is 1.54. The number of amides is 2. The van der Waals surface area contributed by atoms with Crippen LogP contribution in [-0.4, -0.2) is 37.3 Å². The number of thioether (sulfide) groups is 1. The molecule has 0 fully saturated rings. The number of ether oxygens (including phenoxy) is 1. The van der Waals surface area contributed by atoms with Crippen LogP contribution in [0.4, 0.5) is 0 Å². The van der Waals surface area contributed by atoms with Gasteiger partial charge in [0, 0.05) is 24.7 Å². The molecule has 6 heteroatoms. The molecule has 0 aliphatic carbocycles. The molecule has 0 aliphatic heterocycles. The monoisotopic (exact) mass is 296 g/mol. The van der Waals surface area contributed by atoms with Crippen LogP contribution in [0.3, 0.4) is 0 Å². The average molecular weight is 296 g/mol. The minimum atomic E-state index is -0.401. The lowest BCUT2D eigenvalue weighted by molar-refractivity contribution is -0.115. The molecule has 0 aliphatic rings. The summed E-state index contributed by atoms with van der Waals surface area (Å²) in [5.74, 6) is -0.384. The van der Waals surface area contributed by atoms with Gasteiger partial charge in [-0.1, -0.05) is 12.1 Å². The molecule has 20 heavy (non-hydrogen) atoms. The van der Waals surface area contributed by atoms with Crippen molar-refractivity contribution in [1.82, 2.24) is 5.32 Å². The van der Waals surface area contributed by atoms with E-state index in [0.29, 0.717) is 25.3 Å². The number of benzene rings is 1. The largest absolute Gasteiger partial charge is 0.382 e. The molecule has 0 saturated heterocycles. The first-order valence-corrected chi connectivity index (χ1v) is 7.49. The highest BCUT2D eigenvalue weighted by Gasteiger charge is 2.11. The van der Waals surface area contributed by atoms with Gasteiger partial charge < -0.3 is 15.8 Å². The standard InChI is InChI=1S/C14H20N2O3S/c1-2-19-9-5-8-16-14(18)11-6-3-4-7-12(11)20-10-13(15)17/h3-4,6-7H,2,5,8-10H2,1H3,(H2,15,17)(H,16,18). The van der Waals surface area contributed by atoms with Crippen molar-refractivity contribution in [3.8, 4) is 0 Å². The summed E-state index contributed by atoms with van der Waals surface area (Å²) in [5, 5.41) is 2.84. The molecule has 1 aromatic carbocycles. The predicted molar refractivity (Wildman–Crippen MR) is 79.8 cm³/mol. The molecule has 0 bridgehead atoms. The van der Waals surface area contributed by atoms with Crippen LogP contribution >= 0.6 is 11.8 Å². The zero-order valence-electron chi connectivity index (χ0n) is 11.6. The van der Waals surface area contributed by atoms with Crippen LogP contribution in [0.15, 0.2) is 29.2 Å². The van der Waals surface area contributed by atoms with E-state index in [0.717, 1.165) is 11.3 Å². The second-order valence-electron chi connectivity index (χ2n) is 4.06. The normalized spacial score (nSPS) is 10.2. The second-order valence-corrected chi connectivity index (χ2v) is 5.07. The number of carbonyl (C=O) groups is 2. The molecule has 5 nitrogen and oxygen atoms in total. The van der Waals surface area contributed by atoms with Crippen LogP contribution in [0, 0.1) is 0 Å². The van der Waals surface area contributed by atoms with Crippen molar-refractivity contribution in [2.24, 2.45) is 5.73 Å². The van der Waals surface area contributed by atoms with Crippen molar-refractivity contribution in [1.29, 1.82) is 0 Å². The van der Waals surface area contributed by atoms with Gasteiger partial charge in [0.15, 0.2) is 0 Å². The topological polar surface area (TPSA) is 81.4 Å². The maximum Gasteiger partial charge on any atom is 0.252 e. The lowest BCUT2D eigenvalue weighted by Crippen LogP contribution is -2.26. The van der Waals surface area contributed by atoms with E-state index in [2.05, 4.69) is 5.32 Å². The van der Waals surface area contributed by atoms with E-state index in [-0.39, 0.29) is 11.7 Å². The van der Waals surface area contributed by atoms with E-state index in [4.69, 9.17) is 10.5 Å². The number of hydrogen-bond acceptors (Lipinski definition) is 4. The van der Waals surface area contributed by atoms with Crippen molar-refractivity contribution in [2.75, 3.05) is 25.5 Å². The van der Waals surface area contributed by atoms with Gasteiger partial charge in [-0.2, -0.15) is 0 Å². The average Bonchev–Trinajstić information content (AvgIpc) is 2.45. The van der Waals surface area contributed by atoms with Crippen molar-refractivity contribution in [2.45, 2.75) is 18.2 Å². The molecule has 0 unspecified atom stereocenters. The van der Waals surface area contributed by atoms with Crippen LogP contribution in [0.5, 0.6) is 0 Å². The van der Waals surface area contributed by atoms with Crippen LogP contribution in [0.25, 0.3) is 0 Å². The summed E-state index contributed by atoms with van der Waals surface area (Å²) in [6.45, 7) is 3.81. The van der Waals surface area contributed by atoms with Gasteiger partial charge in [0.2, 0.25) is 5.91 Å². The number of rotatable bonds is 9. The summed E-state index contributed by atoms with van der Waals surface area (Å²) in [7, 11) is 0. The van der Waals surface area contributed by atoms with E-state index in [1.165, 1.54) is 11.8 Å². The number of nitrogens with one attached hydrogen (secondary N) is 1. The molecule has 0 aromatic heterocycles. The number of hydrogen-bond donors (Lipinski definition) is 2. The summed E-state index contributed by atoms with van der Waals surface area (Å²) in [6.07, 6.45) is 0.774. The van der Waals surface area contributed by atoms with Gasteiger partial charge in [0.25, 0.3) is 5.91 Å². The molecular formula is C14H20N2O3S. The lowest BCUT2D eigenvalue weighted by Gasteiger charge is -2.09. The molecule has 0 radical (unpaired) electrons. The highest BCUT2D eigenvalue weighted by atomic mass is 32.2. The Hall–Kier alpha value is -1.53. The zero-order valence-corrected chi connectivity index (χ0v) is 12.4. The first-order chi connectivity index (χ1) is 9.65. The Morgan fingerprint density at radius 1 is 1.35 bits per heavy atom. The van der Waals surface area contributed by atoms with E-state index in [9.17, 15) is 9.59 Å². The summed E-state index contributed by atoms with van der Waals surface area (Å²) in [6, 6.07) is 7.17. The van der Waals surface area contributed by atoms with Crippen molar-refractivity contribution < 1.29 is 14.3 Å². The van der Waals surface area contributed by atoms with Crippen molar-refractivity contribution in [3.63, 3.8) is 0 Å². The number of carbonyl (C=O) groups excluding carboxylic acids is 2. The lowest BCUT2D eigenvalue weighted by atomic mass is 10.2. The molecule has 110 valence electrons. The smallest absolute Gasteiger partial charge is 0.252 e. The van der Waals surface area contributed by atoms with Gasteiger partial charge in [-0.25, -0.2) is 0 Å². The molecular weight excluding hydrogens is 276 g/mol. The quantitative estimate of drug-likeness (QED) is 0.533. The Kier molecular flexibility index (Phi) is 7.75. The fourth-order valence-corrected chi connectivity index (χ4v) is 2.33. The van der Waals surface area contributed by atoms with Gasteiger partial charge >= 0.3 is 0 Å². The Morgan fingerprint density at radius 3 is 2.80 bits per heavy atom. The van der Waals surface area contributed by atoms with Crippen LogP contribution in [0.2, 0.25) is 0 Å². The minimum Gasteiger partial charge on any atom is -0.382 e. The number of nitrogens with two attached hydrogens (primary N) is 1. The van der Waals surface area contributed by atoms with Gasteiger partial charge in [0.1, 0.15) is 0 Å². The maximum absolute atomic E-state index is 12.1. The first-order valence-electron chi connectivity index (χ1n) is 6.51. The Labute approximate surface area is 123 Å². The summed E-state index contributed by atoms with van der Waals surface area (Å²) in [4.78, 5) is 23.6. The third-order valence-corrected chi connectivity index (χ3v) is 3.55. The van der Waals surface area contributed by atoms with Crippen molar-refractivity contribution in [3.05, 3.63) is 29.8 Å². The second kappa shape index (κ2) is 9.39. The van der Waals surface area contributed by atoms with E-state index in [1.807, 2.05) is 19.1 Å². The molecule has 0 heterocycles. The van der Waals surface area contributed by atoms with E-state index >= 15 is 0 Å². The third kappa shape index (κ3) is 6.08. The molecule has 1 rings (SSSR count). The molecule has 1 aromatic rings. The summed E-state index contributed by atoms with van der Waals surface area (Å²) < 4.78 is 5.20. The molecule has 0 atom stereocenters. The zero-order chi connectivity index (χ0) is 14.8. The maximum atomic E-state index is 12.1. The Bertz CT molecular complexity index is 452. The van der Waals surface area contributed by atoms with Crippen LogP contribution in [0.1, 0.15) is 23.7 Å². The summed E-state index contributed by atoms with van der Waals surface area (Å²) in [5.41, 5.74) is 5.68. The molecule has 2 amide bonds. The minimum absolute atomic E-state index is 0.144. The summed E-state index contributed by atoms with van der Waals surface area (Å²) >= 11 is 1.27. The third-order valence-electron chi connectivity index (χ3n) is 2.46. The van der Waals surface area contributed by atoms with Gasteiger partial charge in [-0.05, 0) is 25.5 Å². The van der Waals surface area contributed by atoms with Gasteiger partial charge in [0.05, 0.1) is 11.3 Å². The van der Waals surface area contributed by atoms with Crippen molar-refractivity contribution >= 4 is 23.6 Å². The fraction of sp³-hybridized carbons (Fsp3) is 0.429. The van der Waals surface area contributed by atoms with Crippen LogP contribution in [-0.2, 0) is 9.53 Å².